The van der Waals surface area contributed by atoms with Crippen LogP contribution in [0.3, 0.4) is 0 Å². The van der Waals surface area contributed by atoms with Crippen LogP contribution in [0.15, 0.2) is 46.1 Å². The number of rotatable bonds is 8. The summed E-state index contributed by atoms with van der Waals surface area (Å²) in [7, 11) is 0. The molecule has 3 aromatic rings. The molecule has 5 nitrogen and oxygen atoms in total. The predicted octanol–water partition coefficient (Wildman–Crippen LogP) is 4.49. The number of aryl methyl sites for hydroxylation is 1. The van der Waals surface area contributed by atoms with E-state index in [4.69, 9.17) is 0 Å². The molecule has 2 aromatic heterocycles. The van der Waals surface area contributed by atoms with Gasteiger partial charge in [0.05, 0.1) is 5.25 Å². The minimum Gasteiger partial charge on any atom is -0.355 e. The standard InChI is InChI=1S/C18H20N4OS3/c1-12-5-3-6-14(11-12)20-17-21-22-18(26-17)25-13(2)16(23)19-9-8-15-7-4-10-24-15/h3-7,10-11,13H,8-9H2,1-2H3,(H,19,23)(H,20,21). The fourth-order valence-corrected chi connectivity index (χ4v) is 4.92. The number of amides is 1. The molecule has 8 heteroatoms. The SMILES string of the molecule is Cc1cccc(Nc2nnc(SC(C)C(=O)NCCc3cccs3)s2)c1. The molecule has 1 aromatic carbocycles. The molecule has 0 spiro atoms. The van der Waals surface area contributed by atoms with E-state index < -0.39 is 0 Å². The minimum absolute atomic E-state index is 0.0231. The lowest BCUT2D eigenvalue weighted by atomic mass is 10.2. The third-order valence-corrected chi connectivity index (χ3v) is 6.53. The number of nitrogens with one attached hydrogen (secondary N) is 2. The molecule has 0 aliphatic heterocycles. The van der Waals surface area contributed by atoms with Crippen LogP contribution in [0.1, 0.15) is 17.4 Å². The van der Waals surface area contributed by atoms with Gasteiger partial charge >= 0.3 is 0 Å². The summed E-state index contributed by atoms with van der Waals surface area (Å²) in [4.78, 5) is 13.5. The zero-order valence-corrected chi connectivity index (χ0v) is 17.0. The van der Waals surface area contributed by atoms with Crippen molar-refractivity contribution in [2.24, 2.45) is 0 Å². The van der Waals surface area contributed by atoms with Gasteiger partial charge in [-0.3, -0.25) is 4.79 Å². The lowest BCUT2D eigenvalue weighted by molar-refractivity contribution is -0.120. The van der Waals surface area contributed by atoms with Gasteiger partial charge in [-0.2, -0.15) is 0 Å². The maximum Gasteiger partial charge on any atom is 0.233 e. The van der Waals surface area contributed by atoms with Crippen LogP contribution >= 0.6 is 34.4 Å². The van der Waals surface area contributed by atoms with Crippen molar-refractivity contribution >= 4 is 51.2 Å². The zero-order valence-electron chi connectivity index (χ0n) is 14.6. The van der Waals surface area contributed by atoms with Crippen LogP contribution in [0.4, 0.5) is 10.8 Å². The number of hydrogen-bond acceptors (Lipinski definition) is 7. The second-order valence-corrected chi connectivity index (χ2v) is 9.35. The van der Waals surface area contributed by atoms with Gasteiger partial charge in [0.15, 0.2) is 4.34 Å². The second kappa shape index (κ2) is 9.16. The maximum atomic E-state index is 12.2. The van der Waals surface area contributed by atoms with E-state index in [0.717, 1.165) is 21.6 Å². The van der Waals surface area contributed by atoms with Crippen LogP contribution in [0.5, 0.6) is 0 Å². The van der Waals surface area contributed by atoms with Crippen molar-refractivity contribution in [3.8, 4) is 0 Å². The number of carbonyl (C=O) groups excluding carboxylic acids is 1. The number of nitrogens with zero attached hydrogens (tertiary/aromatic N) is 2. The van der Waals surface area contributed by atoms with E-state index in [1.807, 2.05) is 43.5 Å². The Bertz CT molecular complexity index is 848. The summed E-state index contributed by atoms with van der Waals surface area (Å²) in [6.45, 7) is 4.59. The van der Waals surface area contributed by atoms with Crippen molar-refractivity contribution in [2.75, 3.05) is 11.9 Å². The van der Waals surface area contributed by atoms with Gasteiger partial charge < -0.3 is 10.6 Å². The largest absolute Gasteiger partial charge is 0.355 e. The lowest BCUT2D eigenvalue weighted by Crippen LogP contribution is -2.32. The summed E-state index contributed by atoms with van der Waals surface area (Å²) in [5, 5.41) is 17.1. The fraction of sp³-hybridized carbons (Fsp3) is 0.278. The Morgan fingerprint density at radius 2 is 2.15 bits per heavy atom. The van der Waals surface area contributed by atoms with Crippen LogP contribution < -0.4 is 10.6 Å². The third kappa shape index (κ3) is 5.55. The Kier molecular flexibility index (Phi) is 6.65. The van der Waals surface area contributed by atoms with Gasteiger partial charge in [0.25, 0.3) is 0 Å². The molecule has 26 heavy (non-hydrogen) atoms. The third-order valence-electron chi connectivity index (χ3n) is 3.57. The number of thioether (sulfide) groups is 1. The molecule has 0 aliphatic rings. The average molecular weight is 405 g/mol. The van der Waals surface area contributed by atoms with E-state index in [1.54, 1.807) is 11.3 Å². The van der Waals surface area contributed by atoms with Gasteiger partial charge in [0.2, 0.25) is 11.0 Å². The van der Waals surface area contributed by atoms with E-state index in [2.05, 4.69) is 33.0 Å². The van der Waals surface area contributed by atoms with Crippen LogP contribution in [0, 0.1) is 6.92 Å². The highest BCUT2D eigenvalue weighted by atomic mass is 32.2. The van der Waals surface area contributed by atoms with Crippen molar-refractivity contribution < 1.29 is 4.79 Å². The molecule has 2 N–H and O–H groups in total. The number of carbonyl (C=O) groups is 1. The van der Waals surface area contributed by atoms with E-state index >= 15 is 0 Å². The first-order valence-electron chi connectivity index (χ1n) is 8.24. The summed E-state index contributed by atoms with van der Waals surface area (Å²) < 4.78 is 0.779. The van der Waals surface area contributed by atoms with Gasteiger partial charge in [-0.05, 0) is 49.4 Å². The van der Waals surface area contributed by atoms with Crippen LogP contribution in [-0.2, 0) is 11.2 Å². The molecule has 1 amide bonds. The molecule has 1 unspecified atom stereocenters. The second-order valence-electron chi connectivity index (χ2n) is 5.75. The molecule has 2 heterocycles. The summed E-state index contributed by atoms with van der Waals surface area (Å²) in [6, 6.07) is 12.2. The number of aromatic nitrogens is 2. The zero-order chi connectivity index (χ0) is 18.4. The molecular weight excluding hydrogens is 384 g/mol. The molecular formula is C18H20N4OS3. The summed E-state index contributed by atoms with van der Waals surface area (Å²) in [6.07, 6.45) is 0.865. The Morgan fingerprint density at radius 1 is 1.27 bits per heavy atom. The van der Waals surface area contributed by atoms with Crippen molar-refractivity contribution in [3.05, 3.63) is 52.2 Å². The van der Waals surface area contributed by atoms with E-state index in [0.29, 0.717) is 6.54 Å². The van der Waals surface area contributed by atoms with Crippen molar-refractivity contribution in [1.82, 2.24) is 15.5 Å². The van der Waals surface area contributed by atoms with Crippen LogP contribution in [0.2, 0.25) is 0 Å². The average Bonchev–Trinajstić information content (AvgIpc) is 3.27. The predicted molar refractivity (Wildman–Crippen MR) is 111 cm³/mol. The van der Waals surface area contributed by atoms with Gasteiger partial charge in [0.1, 0.15) is 0 Å². The molecule has 0 saturated heterocycles. The summed E-state index contributed by atoms with van der Waals surface area (Å²) in [5.41, 5.74) is 2.17. The molecule has 1 atom stereocenters. The number of anilines is 2. The monoisotopic (exact) mass is 404 g/mol. The van der Waals surface area contributed by atoms with Crippen molar-refractivity contribution in [1.29, 1.82) is 0 Å². The Hall–Kier alpha value is -1.90. The smallest absolute Gasteiger partial charge is 0.233 e. The molecule has 0 fully saturated rings. The van der Waals surface area contributed by atoms with E-state index in [1.165, 1.54) is 33.5 Å². The normalized spacial score (nSPS) is 11.9. The quantitative estimate of drug-likeness (QED) is 0.542. The topological polar surface area (TPSA) is 66.9 Å². The van der Waals surface area contributed by atoms with E-state index in [-0.39, 0.29) is 11.2 Å². The van der Waals surface area contributed by atoms with E-state index in [9.17, 15) is 4.79 Å². The summed E-state index contributed by atoms with van der Waals surface area (Å²) >= 11 is 4.59. The molecule has 3 rings (SSSR count). The molecule has 0 bridgehead atoms. The highest BCUT2D eigenvalue weighted by molar-refractivity contribution is 8.02. The highest BCUT2D eigenvalue weighted by Gasteiger charge is 2.17. The van der Waals surface area contributed by atoms with Gasteiger partial charge in [-0.1, -0.05) is 41.3 Å². The Labute approximate surface area is 165 Å². The van der Waals surface area contributed by atoms with Gasteiger partial charge in [0, 0.05) is 17.1 Å². The van der Waals surface area contributed by atoms with Crippen molar-refractivity contribution in [3.63, 3.8) is 0 Å². The fourth-order valence-electron chi connectivity index (χ4n) is 2.27. The van der Waals surface area contributed by atoms with Crippen molar-refractivity contribution in [2.45, 2.75) is 29.9 Å². The van der Waals surface area contributed by atoms with Gasteiger partial charge in [-0.15, -0.1) is 21.5 Å². The number of benzene rings is 1. The first-order chi connectivity index (χ1) is 12.6. The molecule has 0 saturated carbocycles. The lowest BCUT2D eigenvalue weighted by Gasteiger charge is -2.09. The Morgan fingerprint density at radius 3 is 2.92 bits per heavy atom. The minimum atomic E-state index is -0.210. The molecule has 136 valence electrons. The van der Waals surface area contributed by atoms with Gasteiger partial charge in [-0.25, -0.2) is 0 Å². The van der Waals surface area contributed by atoms with Crippen LogP contribution in [-0.4, -0.2) is 27.9 Å². The molecule has 0 radical (unpaired) electrons. The number of hydrogen-bond donors (Lipinski definition) is 2. The Balaban J connectivity index is 1.47. The first-order valence-corrected chi connectivity index (χ1v) is 10.8. The molecule has 0 aliphatic carbocycles. The maximum absolute atomic E-state index is 12.2. The highest BCUT2D eigenvalue weighted by Crippen LogP contribution is 2.30. The van der Waals surface area contributed by atoms with Crippen LogP contribution in [0.25, 0.3) is 0 Å². The summed E-state index contributed by atoms with van der Waals surface area (Å²) in [5.74, 6) is 0.0231. The first kappa shape index (κ1) is 18.9. The number of thiophene rings is 1.